The molecule has 0 saturated heterocycles. The van der Waals surface area contributed by atoms with Crippen LogP contribution in [0.5, 0.6) is 11.5 Å². The molecule has 1 unspecified atom stereocenters. The van der Waals surface area contributed by atoms with Crippen LogP contribution in [0.3, 0.4) is 0 Å². The average Bonchev–Trinajstić information content (AvgIpc) is 3.30. The maximum absolute atomic E-state index is 5.92. The number of aromatic nitrogens is 3. The van der Waals surface area contributed by atoms with Crippen LogP contribution in [0.1, 0.15) is 50.2 Å². The molecule has 8 nitrogen and oxygen atoms in total. The van der Waals surface area contributed by atoms with Gasteiger partial charge in [0.05, 0.1) is 18.7 Å². The van der Waals surface area contributed by atoms with Crippen LogP contribution in [0.25, 0.3) is 0 Å². The van der Waals surface area contributed by atoms with Gasteiger partial charge in [0.1, 0.15) is 49.0 Å². The summed E-state index contributed by atoms with van der Waals surface area (Å²) >= 11 is 1.89. The molecule has 0 spiro atoms. The van der Waals surface area contributed by atoms with E-state index in [1.165, 1.54) is 0 Å². The molecule has 1 N–H and O–H groups in total. The van der Waals surface area contributed by atoms with Crippen molar-refractivity contribution in [3.63, 3.8) is 0 Å². The average molecular weight is 602 g/mol. The molecule has 0 amide bonds. The lowest BCUT2D eigenvalue weighted by molar-refractivity contribution is 0.238. The van der Waals surface area contributed by atoms with E-state index in [0.29, 0.717) is 48.2 Å². The zero-order chi connectivity index (χ0) is 26.1. The number of nitrogens with one attached hydrogen (secondary N) is 1. The van der Waals surface area contributed by atoms with Crippen LogP contribution < -0.4 is 20.3 Å². The van der Waals surface area contributed by atoms with Crippen molar-refractivity contribution >= 4 is 36.3 Å². The van der Waals surface area contributed by atoms with Gasteiger partial charge in [-0.1, -0.05) is 49.6 Å². The van der Waals surface area contributed by atoms with Crippen LogP contribution in [-0.4, -0.2) is 42.2 Å². The fourth-order valence-electron chi connectivity index (χ4n) is 3.20. The minimum absolute atomic E-state index is 0.00856. The third-order valence-corrected chi connectivity index (χ3v) is 6.14. The Hall–Kier alpha value is -2.60. The highest BCUT2D eigenvalue weighted by Crippen LogP contribution is 2.22. The van der Waals surface area contributed by atoms with Crippen molar-refractivity contribution in [3.8, 4) is 11.5 Å². The lowest BCUT2D eigenvalue weighted by atomic mass is 9.91. The first-order valence-electron chi connectivity index (χ1n) is 11.7. The van der Waals surface area contributed by atoms with Gasteiger partial charge in [0.2, 0.25) is 11.7 Å². The molecule has 2 radical (unpaired) electrons. The van der Waals surface area contributed by atoms with E-state index < -0.39 is 0 Å². The summed E-state index contributed by atoms with van der Waals surface area (Å²) in [4.78, 5) is 8.88. The van der Waals surface area contributed by atoms with Crippen LogP contribution in [0, 0.1) is 6.92 Å². The highest BCUT2D eigenvalue weighted by Gasteiger charge is 2.17. The van der Waals surface area contributed by atoms with E-state index >= 15 is 0 Å². The summed E-state index contributed by atoms with van der Waals surface area (Å²) in [6.45, 7) is 13.5. The highest BCUT2D eigenvalue weighted by molar-refractivity contribution is 14.1. The molecule has 0 aliphatic rings. The molecule has 2 heterocycles. The Morgan fingerprint density at radius 3 is 2.64 bits per heavy atom. The third kappa shape index (κ3) is 8.81. The van der Waals surface area contributed by atoms with E-state index in [9.17, 15) is 0 Å². The maximum Gasteiger partial charge on any atom is 0.229 e. The number of pyridine rings is 1. The lowest BCUT2D eigenvalue weighted by Crippen LogP contribution is -2.24. The van der Waals surface area contributed by atoms with Gasteiger partial charge in [-0.05, 0) is 37.6 Å². The van der Waals surface area contributed by atoms with Crippen molar-refractivity contribution in [2.75, 3.05) is 13.2 Å². The number of benzene rings is 1. The summed E-state index contributed by atoms with van der Waals surface area (Å²) in [7, 11) is 5.92. The van der Waals surface area contributed by atoms with Gasteiger partial charge in [0, 0.05) is 23.4 Å². The minimum atomic E-state index is -0.105. The Bertz CT molecular complexity index is 1130. The zero-order valence-corrected chi connectivity index (χ0v) is 23.4. The van der Waals surface area contributed by atoms with Crippen molar-refractivity contribution < 1.29 is 17.1 Å². The van der Waals surface area contributed by atoms with E-state index in [1.807, 2.05) is 60.3 Å². The number of rotatable bonds is 13. The SMILES string of the molecule is [B]c1cc(OCC(=C)NCCC(Cc2nc(COc3ccc(C(C)(C)C)nc3)no2)OI)ccc1C. The summed E-state index contributed by atoms with van der Waals surface area (Å²) < 4.78 is 22.4. The molecule has 1 aromatic carbocycles. The van der Waals surface area contributed by atoms with Crippen LogP contribution in [0.4, 0.5) is 0 Å². The summed E-state index contributed by atoms with van der Waals surface area (Å²) in [6.07, 6.45) is 2.82. The number of hydrogen-bond donors (Lipinski definition) is 1. The Labute approximate surface area is 228 Å². The van der Waals surface area contributed by atoms with Gasteiger partial charge in [-0.15, -0.1) is 0 Å². The van der Waals surface area contributed by atoms with E-state index in [2.05, 4.69) is 47.8 Å². The summed E-state index contributed by atoms with van der Waals surface area (Å²) in [5.74, 6) is 2.33. The Morgan fingerprint density at radius 1 is 1.19 bits per heavy atom. The maximum atomic E-state index is 5.92. The van der Waals surface area contributed by atoms with E-state index in [-0.39, 0.29) is 18.1 Å². The normalized spacial score (nSPS) is 12.2. The molecule has 3 rings (SSSR count). The molecule has 1 atom stereocenters. The van der Waals surface area contributed by atoms with Crippen molar-refractivity contribution in [1.82, 2.24) is 20.4 Å². The van der Waals surface area contributed by atoms with Gasteiger partial charge in [-0.25, -0.2) is 0 Å². The second-order valence-electron chi connectivity index (χ2n) is 9.56. The third-order valence-electron chi connectivity index (χ3n) is 5.42. The van der Waals surface area contributed by atoms with Gasteiger partial charge in [0.15, 0.2) is 6.61 Å². The molecular formula is C26H32BIN4O4. The quantitative estimate of drug-likeness (QED) is 0.229. The first-order valence-corrected chi connectivity index (χ1v) is 12.6. The number of halogens is 1. The topological polar surface area (TPSA) is 91.5 Å². The van der Waals surface area contributed by atoms with E-state index in [0.717, 1.165) is 23.4 Å². The molecular weight excluding hydrogens is 570 g/mol. The Kier molecular flexibility index (Phi) is 10.2. The van der Waals surface area contributed by atoms with Gasteiger partial charge in [0.25, 0.3) is 0 Å². The second kappa shape index (κ2) is 13.1. The largest absolute Gasteiger partial charge is 0.487 e. The predicted molar refractivity (Wildman–Crippen MR) is 148 cm³/mol. The zero-order valence-electron chi connectivity index (χ0n) is 21.2. The summed E-state index contributed by atoms with van der Waals surface area (Å²) in [5, 5.41) is 7.26. The number of nitrogens with zero attached hydrogens (tertiary/aromatic N) is 3. The second-order valence-corrected chi connectivity index (χ2v) is 10.1. The fraction of sp³-hybridized carbons (Fsp3) is 0.423. The summed E-state index contributed by atoms with van der Waals surface area (Å²) in [6, 6.07) is 9.50. The monoisotopic (exact) mass is 602 g/mol. The molecule has 2 aromatic heterocycles. The minimum Gasteiger partial charge on any atom is -0.487 e. The number of ether oxygens (including phenoxy) is 2. The summed E-state index contributed by atoms with van der Waals surface area (Å²) in [5.41, 5.74) is 3.49. The van der Waals surface area contributed by atoms with Crippen molar-refractivity contribution in [2.24, 2.45) is 0 Å². The number of aryl methyl sites for hydroxylation is 1. The van der Waals surface area contributed by atoms with Crippen LogP contribution in [0.2, 0.25) is 0 Å². The van der Waals surface area contributed by atoms with Gasteiger partial charge in [-0.3, -0.25) is 4.98 Å². The van der Waals surface area contributed by atoms with E-state index in [4.69, 9.17) is 24.9 Å². The lowest BCUT2D eigenvalue weighted by Gasteiger charge is -2.17. The van der Waals surface area contributed by atoms with Gasteiger partial charge in [-0.2, -0.15) is 4.98 Å². The number of hydrogen-bond acceptors (Lipinski definition) is 8. The van der Waals surface area contributed by atoms with Crippen LogP contribution in [-0.2, 0) is 21.5 Å². The fourth-order valence-corrected chi connectivity index (χ4v) is 3.64. The van der Waals surface area contributed by atoms with Crippen molar-refractivity contribution in [3.05, 3.63) is 71.8 Å². The molecule has 0 aliphatic carbocycles. The van der Waals surface area contributed by atoms with Gasteiger partial charge < -0.3 is 22.4 Å². The molecule has 0 bridgehead atoms. The first kappa shape index (κ1) is 28.0. The smallest absolute Gasteiger partial charge is 0.229 e. The first-order chi connectivity index (χ1) is 17.1. The van der Waals surface area contributed by atoms with Gasteiger partial charge >= 0.3 is 0 Å². The molecule has 10 heteroatoms. The standard InChI is InChI=1S/C26H32BIN4O4/c1-17-6-7-19(12-22(17)27)33-15-18(2)29-11-10-20(35-28)13-25-31-24(32-36-25)16-34-21-8-9-23(30-14-21)26(3,4)5/h6-9,12,14,20,29H,2,10-11,13,15-16H2,1,3-5H3. The van der Waals surface area contributed by atoms with Crippen LogP contribution in [0.15, 0.2) is 53.3 Å². The molecule has 0 saturated carbocycles. The Balaban J connectivity index is 1.38. The molecule has 3 aromatic rings. The predicted octanol–water partition coefficient (Wildman–Crippen LogP) is 4.29. The molecule has 0 aliphatic heterocycles. The van der Waals surface area contributed by atoms with E-state index in [1.54, 1.807) is 6.20 Å². The Morgan fingerprint density at radius 2 is 1.97 bits per heavy atom. The van der Waals surface area contributed by atoms with Crippen LogP contribution >= 0.6 is 23.0 Å². The molecule has 190 valence electrons. The highest BCUT2D eigenvalue weighted by atomic mass is 127. The molecule has 36 heavy (non-hydrogen) atoms. The molecule has 0 fully saturated rings. The van der Waals surface area contributed by atoms with Crippen molar-refractivity contribution in [2.45, 2.75) is 58.7 Å². The van der Waals surface area contributed by atoms with Crippen molar-refractivity contribution in [1.29, 1.82) is 0 Å².